The highest BCUT2D eigenvalue weighted by molar-refractivity contribution is 6.30. The van der Waals surface area contributed by atoms with Crippen LogP contribution in [0.2, 0.25) is 5.02 Å². The van der Waals surface area contributed by atoms with Gasteiger partial charge in [0.15, 0.2) is 0 Å². The van der Waals surface area contributed by atoms with Gasteiger partial charge < -0.3 is 10.4 Å². The summed E-state index contributed by atoms with van der Waals surface area (Å²) in [6.07, 6.45) is 0.535. The Hall–Kier alpha value is -0.570. The highest BCUT2D eigenvalue weighted by Gasteiger charge is 2.04. The summed E-state index contributed by atoms with van der Waals surface area (Å²) in [5, 5.41) is 13.2. The van der Waals surface area contributed by atoms with E-state index < -0.39 is 0 Å². The molecule has 2 nitrogen and oxygen atoms in total. The van der Waals surface area contributed by atoms with Crippen LogP contribution in [-0.2, 0) is 0 Å². The van der Waals surface area contributed by atoms with Gasteiger partial charge in [0.25, 0.3) is 0 Å². The molecule has 1 aromatic carbocycles. The quantitative estimate of drug-likeness (QED) is 0.811. The molecule has 0 bridgehead atoms. The van der Waals surface area contributed by atoms with Crippen LogP contribution in [0.3, 0.4) is 0 Å². The molecule has 1 aromatic rings. The van der Waals surface area contributed by atoms with Crippen LogP contribution >= 0.6 is 11.6 Å². The Balaban J connectivity index is 2.40. The zero-order valence-corrected chi connectivity index (χ0v) is 9.96. The third-order valence-electron chi connectivity index (χ3n) is 2.38. The first-order valence-corrected chi connectivity index (χ1v) is 5.64. The first kappa shape index (κ1) is 12.5. The van der Waals surface area contributed by atoms with Crippen LogP contribution in [0, 0.1) is 0 Å². The highest BCUT2D eigenvalue weighted by atomic mass is 35.5. The fourth-order valence-electron chi connectivity index (χ4n) is 1.38. The molecular formula is C12H18ClNO. The van der Waals surface area contributed by atoms with Gasteiger partial charge in [0.1, 0.15) is 0 Å². The second kappa shape index (κ2) is 6.11. The second-order valence-electron chi connectivity index (χ2n) is 3.87. The van der Waals surface area contributed by atoms with Crippen LogP contribution in [0.15, 0.2) is 24.3 Å². The van der Waals surface area contributed by atoms with Crippen molar-refractivity contribution in [2.75, 3.05) is 6.54 Å². The number of hydrogen-bond donors (Lipinski definition) is 2. The van der Waals surface area contributed by atoms with Gasteiger partial charge in [-0.3, -0.25) is 0 Å². The first-order valence-electron chi connectivity index (χ1n) is 5.26. The molecule has 0 saturated heterocycles. The summed E-state index contributed by atoms with van der Waals surface area (Å²) < 4.78 is 0. The molecule has 3 heteroatoms. The molecule has 0 aliphatic carbocycles. The van der Waals surface area contributed by atoms with Crippen molar-refractivity contribution >= 4 is 11.6 Å². The fraction of sp³-hybridized carbons (Fsp3) is 0.500. The lowest BCUT2D eigenvalue weighted by atomic mass is 10.1. The molecular weight excluding hydrogens is 210 g/mol. The van der Waals surface area contributed by atoms with Crippen LogP contribution in [0.25, 0.3) is 0 Å². The van der Waals surface area contributed by atoms with Crippen molar-refractivity contribution in [3.05, 3.63) is 34.9 Å². The molecule has 0 aliphatic rings. The molecule has 0 unspecified atom stereocenters. The maximum absolute atomic E-state index is 9.11. The number of nitrogens with one attached hydrogen (secondary N) is 1. The minimum absolute atomic E-state index is 0.241. The Kier molecular flexibility index (Phi) is 5.09. The minimum Gasteiger partial charge on any atom is -0.393 e. The van der Waals surface area contributed by atoms with E-state index in [2.05, 4.69) is 12.2 Å². The normalized spacial score (nSPS) is 14.9. The first-order chi connectivity index (χ1) is 7.09. The van der Waals surface area contributed by atoms with Crippen LogP contribution < -0.4 is 5.32 Å². The SMILES string of the molecule is C[C@H](O)CCN[C@H](C)c1ccc(Cl)cc1. The van der Waals surface area contributed by atoms with Gasteiger partial charge in [-0.25, -0.2) is 0 Å². The zero-order valence-electron chi connectivity index (χ0n) is 9.20. The number of rotatable bonds is 5. The maximum Gasteiger partial charge on any atom is 0.0524 e. The van der Waals surface area contributed by atoms with E-state index in [1.165, 1.54) is 5.56 Å². The summed E-state index contributed by atoms with van der Waals surface area (Å²) in [5.41, 5.74) is 1.21. The van der Waals surface area contributed by atoms with E-state index >= 15 is 0 Å². The van der Waals surface area contributed by atoms with Gasteiger partial charge in [0, 0.05) is 11.1 Å². The molecule has 0 saturated carbocycles. The number of hydrogen-bond acceptors (Lipinski definition) is 2. The van der Waals surface area contributed by atoms with Crippen molar-refractivity contribution in [1.82, 2.24) is 5.32 Å². The van der Waals surface area contributed by atoms with E-state index in [0.717, 1.165) is 18.0 Å². The Labute approximate surface area is 96.3 Å². The topological polar surface area (TPSA) is 32.3 Å². The average molecular weight is 228 g/mol. The molecule has 0 aromatic heterocycles. The predicted octanol–water partition coefficient (Wildman–Crippen LogP) is 2.76. The van der Waals surface area contributed by atoms with Crippen LogP contribution in [0.5, 0.6) is 0 Å². The lowest BCUT2D eigenvalue weighted by molar-refractivity contribution is 0.182. The van der Waals surface area contributed by atoms with Crippen LogP contribution in [-0.4, -0.2) is 17.8 Å². The maximum atomic E-state index is 9.11. The number of aliphatic hydroxyl groups is 1. The summed E-state index contributed by atoms with van der Waals surface area (Å²) in [5.74, 6) is 0. The fourth-order valence-corrected chi connectivity index (χ4v) is 1.50. The molecule has 84 valence electrons. The zero-order chi connectivity index (χ0) is 11.3. The third kappa shape index (κ3) is 4.65. The second-order valence-corrected chi connectivity index (χ2v) is 4.30. The van der Waals surface area contributed by atoms with Gasteiger partial charge in [-0.2, -0.15) is 0 Å². The number of benzene rings is 1. The highest BCUT2D eigenvalue weighted by Crippen LogP contribution is 2.15. The van der Waals surface area contributed by atoms with Gasteiger partial charge in [-0.15, -0.1) is 0 Å². The molecule has 0 aliphatic heterocycles. The average Bonchev–Trinajstić information content (AvgIpc) is 2.18. The van der Waals surface area contributed by atoms with Crippen LogP contribution in [0.1, 0.15) is 31.9 Å². The Morgan fingerprint density at radius 2 is 1.87 bits per heavy atom. The summed E-state index contributed by atoms with van der Waals surface area (Å²) in [6.45, 7) is 4.72. The summed E-state index contributed by atoms with van der Waals surface area (Å²) in [6, 6.07) is 8.11. The monoisotopic (exact) mass is 227 g/mol. The Morgan fingerprint density at radius 1 is 1.27 bits per heavy atom. The van der Waals surface area contributed by atoms with Crippen molar-refractivity contribution in [1.29, 1.82) is 0 Å². The molecule has 1 rings (SSSR count). The van der Waals surface area contributed by atoms with Gasteiger partial charge in [0.2, 0.25) is 0 Å². The van der Waals surface area contributed by atoms with Gasteiger partial charge in [0.05, 0.1) is 6.10 Å². The Bertz CT molecular complexity index is 284. The van der Waals surface area contributed by atoms with Crippen molar-refractivity contribution in [2.24, 2.45) is 0 Å². The molecule has 0 spiro atoms. The van der Waals surface area contributed by atoms with E-state index in [1.54, 1.807) is 6.92 Å². The molecule has 0 fully saturated rings. The largest absolute Gasteiger partial charge is 0.393 e. The number of aliphatic hydroxyl groups excluding tert-OH is 1. The molecule has 15 heavy (non-hydrogen) atoms. The van der Waals surface area contributed by atoms with Crippen molar-refractivity contribution in [3.8, 4) is 0 Å². The standard InChI is InChI=1S/C12H18ClNO/c1-9(15)7-8-14-10(2)11-3-5-12(13)6-4-11/h3-6,9-10,14-15H,7-8H2,1-2H3/t9-,10+/m0/s1. The smallest absolute Gasteiger partial charge is 0.0524 e. The molecule has 0 heterocycles. The van der Waals surface area contributed by atoms with Crippen molar-refractivity contribution < 1.29 is 5.11 Å². The third-order valence-corrected chi connectivity index (χ3v) is 2.63. The molecule has 0 amide bonds. The van der Waals surface area contributed by atoms with E-state index in [1.807, 2.05) is 24.3 Å². The van der Waals surface area contributed by atoms with Crippen LogP contribution in [0.4, 0.5) is 0 Å². The summed E-state index contributed by atoms with van der Waals surface area (Å²) >= 11 is 5.81. The molecule has 0 radical (unpaired) electrons. The summed E-state index contributed by atoms with van der Waals surface area (Å²) in [4.78, 5) is 0. The van der Waals surface area contributed by atoms with E-state index in [9.17, 15) is 0 Å². The van der Waals surface area contributed by atoms with E-state index in [4.69, 9.17) is 16.7 Å². The lowest BCUT2D eigenvalue weighted by Crippen LogP contribution is -2.22. The molecule has 2 N–H and O–H groups in total. The summed E-state index contributed by atoms with van der Waals surface area (Å²) in [7, 11) is 0. The van der Waals surface area contributed by atoms with Crippen molar-refractivity contribution in [3.63, 3.8) is 0 Å². The minimum atomic E-state index is -0.241. The van der Waals surface area contributed by atoms with E-state index in [-0.39, 0.29) is 6.10 Å². The number of halogens is 1. The van der Waals surface area contributed by atoms with Gasteiger partial charge in [-0.05, 0) is 44.5 Å². The van der Waals surface area contributed by atoms with E-state index in [0.29, 0.717) is 6.04 Å². The molecule has 2 atom stereocenters. The lowest BCUT2D eigenvalue weighted by Gasteiger charge is -2.14. The Morgan fingerprint density at radius 3 is 2.40 bits per heavy atom. The predicted molar refractivity (Wildman–Crippen MR) is 64.2 cm³/mol. The van der Waals surface area contributed by atoms with Gasteiger partial charge in [-0.1, -0.05) is 23.7 Å². The van der Waals surface area contributed by atoms with Gasteiger partial charge >= 0.3 is 0 Å². The van der Waals surface area contributed by atoms with Crippen molar-refractivity contribution in [2.45, 2.75) is 32.4 Å².